The predicted octanol–water partition coefficient (Wildman–Crippen LogP) is 4.06. The van der Waals surface area contributed by atoms with E-state index < -0.39 is 17.5 Å². The number of carbonyl (C=O) groups excluding carboxylic acids is 3. The van der Waals surface area contributed by atoms with Crippen LogP contribution in [-0.4, -0.2) is 72.3 Å². The van der Waals surface area contributed by atoms with E-state index in [-0.39, 0.29) is 23.8 Å². The Morgan fingerprint density at radius 1 is 1.03 bits per heavy atom. The van der Waals surface area contributed by atoms with Gasteiger partial charge in [0.1, 0.15) is 6.04 Å². The summed E-state index contributed by atoms with van der Waals surface area (Å²) < 4.78 is 0. The van der Waals surface area contributed by atoms with Crippen LogP contribution in [0.3, 0.4) is 0 Å². The van der Waals surface area contributed by atoms with Crippen LogP contribution in [0.4, 0.5) is 0 Å². The molecule has 7 nitrogen and oxygen atoms in total. The number of likely N-dealkylation sites (tertiary alicyclic amines) is 1. The molecule has 3 amide bonds. The van der Waals surface area contributed by atoms with Crippen molar-refractivity contribution in [3.05, 3.63) is 71.3 Å². The number of nitrogens with one attached hydrogen (secondary N) is 2. The maximum Gasteiger partial charge on any atom is 0.253 e. The van der Waals surface area contributed by atoms with E-state index in [1.807, 2.05) is 73.0 Å². The summed E-state index contributed by atoms with van der Waals surface area (Å²) in [5.74, 6) is -0.294. The fraction of sp³-hybridized carbons (Fsp3) is 0.531. The van der Waals surface area contributed by atoms with Crippen LogP contribution >= 0.6 is 0 Å². The van der Waals surface area contributed by atoms with Gasteiger partial charge in [-0.15, -0.1) is 0 Å². The Bertz CT molecular complexity index is 1090. The Balaban J connectivity index is 1.82. The summed E-state index contributed by atoms with van der Waals surface area (Å²) in [5, 5.41) is 5.94. The number of carbonyl (C=O) groups is 3. The number of likely N-dealkylation sites (N-methyl/N-ethyl adjacent to an activating group) is 1. The molecule has 0 unspecified atom stereocenters. The summed E-state index contributed by atoms with van der Waals surface area (Å²) in [6.45, 7) is 11.4. The van der Waals surface area contributed by atoms with Crippen molar-refractivity contribution in [3.63, 3.8) is 0 Å². The second-order valence-electron chi connectivity index (χ2n) is 11.7. The smallest absolute Gasteiger partial charge is 0.253 e. The Labute approximate surface area is 234 Å². The van der Waals surface area contributed by atoms with Gasteiger partial charge in [-0.25, -0.2) is 0 Å². The van der Waals surface area contributed by atoms with E-state index in [1.54, 1.807) is 14.0 Å². The van der Waals surface area contributed by atoms with Crippen molar-refractivity contribution in [1.82, 2.24) is 20.4 Å². The first-order valence-corrected chi connectivity index (χ1v) is 14.2. The van der Waals surface area contributed by atoms with Crippen LogP contribution in [0.25, 0.3) is 0 Å². The molecule has 0 aromatic heterocycles. The van der Waals surface area contributed by atoms with Crippen molar-refractivity contribution in [2.24, 2.45) is 5.41 Å². The summed E-state index contributed by atoms with van der Waals surface area (Å²) in [4.78, 5) is 44.2. The van der Waals surface area contributed by atoms with Crippen molar-refractivity contribution in [3.8, 4) is 0 Å². The third-order valence-electron chi connectivity index (χ3n) is 7.73. The Kier molecular flexibility index (Phi) is 10.7. The van der Waals surface area contributed by atoms with Gasteiger partial charge in [-0.2, -0.15) is 0 Å². The fourth-order valence-electron chi connectivity index (χ4n) is 5.03. The number of hydrogen-bond acceptors (Lipinski definition) is 4. The standard InChI is InChI=1S/C32H46N4O3/c1-7-24-15-17-26(18-16-24)30(38)35(21-19-25-12-9-8-10-13-25)22-27-14-11-20-36(27)31(39)28(32(3,4)5)34-29(37)23(2)33-6/h8-10,12-13,15-18,23,27-28,33H,7,11,14,19-22H2,1-6H3,(H,34,37)/t23-,27-,28+/m0/s1. The Morgan fingerprint density at radius 2 is 1.69 bits per heavy atom. The molecule has 2 N–H and O–H groups in total. The minimum absolute atomic E-state index is 0.0172. The molecule has 2 aromatic rings. The lowest BCUT2D eigenvalue weighted by atomic mass is 9.85. The van der Waals surface area contributed by atoms with Crippen molar-refractivity contribution >= 4 is 17.7 Å². The van der Waals surface area contributed by atoms with E-state index in [9.17, 15) is 14.4 Å². The van der Waals surface area contributed by atoms with Crippen LogP contribution in [0.15, 0.2) is 54.6 Å². The number of hydrogen-bond donors (Lipinski definition) is 2. The first kappa shape index (κ1) is 30.4. The van der Waals surface area contributed by atoms with Gasteiger partial charge in [0.25, 0.3) is 5.91 Å². The summed E-state index contributed by atoms with van der Waals surface area (Å²) in [5.41, 5.74) is 2.57. The molecule has 0 radical (unpaired) electrons. The van der Waals surface area contributed by atoms with Gasteiger partial charge in [-0.1, -0.05) is 70.2 Å². The van der Waals surface area contributed by atoms with Crippen LogP contribution in [0.5, 0.6) is 0 Å². The highest BCUT2D eigenvalue weighted by molar-refractivity contribution is 5.94. The van der Waals surface area contributed by atoms with Crippen LogP contribution < -0.4 is 10.6 Å². The third kappa shape index (κ3) is 8.15. The number of benzene rings is 2. The molecular formula is C32H46N4O3. The number of aryl methyl sites for hydroxylation is 1. The van der Waals surface area contributed by atoms with Crippen molar-refractivity contribution in [2.45, 2.75) is 78.4 Å². The van der Waals surface area contributed by atoms with Crippen LogP contribution in [0.2, 0.25) is 0 Å². The highest BCUT2D eigenvalue weighted by atomic mass is 16.2. The maximum atomic E-state index is 13.9. The normalized spacial score (nSPS) is 17.0. The van der Waals surface area contributed by atoms with Gasteiger partial charge in [-0.05, 0) is 68.3 Å². The molecule has 1 aliphatic heterocycles. The zero-order valence-corrected chi connectivity index (χ0v) is 24.5. The van der Waals surface area contributed by atoms with Gasteiger partial charge in [0.15, 0.2) is 0 Å². The fourth-order valence-corrected chi connectivity index (χ4v) is 5.03. The first-order chi connectivity index (χ1) is 18.5. The van der Waals surface area contributed by atoms with Crippen LogP contribution in [-0.2, 0) is 22.4 Å². The minimum Gasteiger partial charge on any atom is -0.342 e. The van der Waals surface area contributed by atoms with Gasteiger partial charge in [-0.3, -0.25) is 14.4 Å². The zero-order valence-electron chi connectivity index (χ0n) is 24.5. The number of amides is 3. The van der Waals surface area contributed by atoms with Gasteiger partial charge in [0, 0.05) is 31.2 Å². The molecule has 2 aromatic carbocycles. The van der Waals surface area contributed by atoms with E-state index in [1.165, 1.54) is 11.1 Å². The lowest BCUT2D eigenvalue weighted by molar-refractivity contribution is -0.140. The molecule has 7 heteroatoms. The lowest BCUT2D eigenvalue weighted by Gasteiger charge is -2.37. The lowest BCUT2D eigenvalue weighted by Crippen LogP contribution is -2.59. The molecule has 3 rings (SSSR count). The quantitative estimate of drug-likeness (QED) is 0.456. The average Bonchev–Trinajstić information content (AvgIpc) is 3.40. The Morgan fingerprint density at radius 3 is 2.28 bits per heavy atom. The summed E-state index contributed by atoms with van der Waals surface area (Å²) in [7, 11) is 1.73. The van der Waals surface area contributed by atoms with Crippen LogP contribution in [0.1, 0.15) is 68.9 Å². The summed E-state index contributed by atoms with van der Waals surface area (Å²) >= 11 is 0. The maximum absolute atomic E-state index is 13.9. The van der Waals surface area contributed by atoms with Gasteiger partial charge in [0.2, 0.25) is 11.8 Å². The molecular weight excluding hydrogens is 488 g/mol. The molecule has 1 saturated heterocycles. The molecule has 0 bridgehead atoms. The van der Waals surface area contributed by atoms with E-state index in [4.69, 9.17) is 0 Å². The monoisotopic (exact) mass is 534 g/mol. The largest absolute Gasteiger partial charge is 0.342 e. The highest BCUT2D eigenvalue weighted by Crippen LogP contribution is 2.27. The number of nitrogens with zero attached hydrogens (tertiary/aromatic N) is 2. The molecule has 0 aliphatic carbocycles. The topological polar surface area (TPSA) is 81.8 Å². The van der Waals surface area contributed by atoms with Gasteiger partial charge < -0.3 is 20.4 Å². The van der Waals surface area contributed by atoms with Crippen molar-refractivity contribution < 1.29 is 14.4 Å². The summed E-state index contributed by atoms with van der Waals surface area (Å²) in [6, 6.07) is 16.8. The van der Waals surface area contributed by atoms with E-state index in [0.29, 0.717) is 25.2 Å². The molecule has 1 aliphatic rings. The second kappa shape index (κ2) is 13.7. The van der Waals surface area contributed by atoms with Gasteiger partial charge in [0.05, 0.1) is 6.04 Å². The molecule has 3 atom stereocenters. The van der Waals surface area contributed by atoms with Crippen molar-refractivity contribution in [2.75, 3.05) is 26.7 Å². The zero-order chi connectivity index (χ0) is 28.6. The van der Waals surface area contributed by atoms with E-state index in [2.05, 4.69) is 29.7 Å². The first-order valence-electron chi connectivity index (χ1n) is 14.2. The molecule has 1 heterocycles. The minimum atomic E-state index is -0.656. The van der Waals surface area contributed by atoms with Gasteiger partial charge >= 0.3 is 0 Å². The van der Waals surface area contributed by atoms with Crippen LogP contribution in [0, 0.1) is 5.41 Å². The van der Waals surface area contributed by atoms with E-state index in [0.717, 1.165) is 25.7 Å². The van der Waals surface area contributed by atoms with E-state index >= 15 is 0 Å². The second-order valence-corrected chi connectivity index (χ2v) is 11.7. The SMILES string of the molecule is CCc1ccc(C(=O)N(CCc2ccccc2)C[C@@H]2CCCN2C(=O)[C@@H](NC(=O)[C@H](C)NC)C(C)(C)C)cc1. The molecule has 39 heavy (non-hydrogen) atoms. The molecule has 212 valence electrons. The molecule has 0 spiro atoms. The summed E-state index contributed by atoms with van der Waals surface area (Å²) in [6.07, 6.45) is 3.36. The number of rotatable bonds is 11. The highest BCUT2D eigenvalue weighted by Gasteiger charge is 2.40. The molecule has 1 fully saturated rings. The predicted molar refractivity (Wildman–Crippen MR) is 157 cm³/mol. The third-order valence-corrected chi connectivity index (χ3v) is 7.73. The molecule has 0 saturated carbocycles. The van der Waals surface area contributed by atoms with Crippen molar-refractivity contribution in [1.29, 1.82) is 0 Å². The Hall–Kier alpha value is -3.19. The average molecular weight is 535 g/mol.